The van der Waals surface area contributed by atoms with Gasteiger partial charge in [0.05, 0.1) is 6.10 Å². The molecule has 1 fully saturated rings. The Bertz CT molecular complexity index is 267. The summed E-state index contributed by atoms with van der Waals surface area (Å²) in [6.45, 7) is 4.24. The highest BCUT2D eigenvalue weighted by molar-refractivity contribution is 5.84. The summed E-state index contributed by atoms with van der Waals surface area (Å²) in [6.07, 6.45) is 1.82. The van der Waals surface area contributed by atoms with Crippen molar-refractivity contribution in [2.75, 3.05) is 6.61 Å². The SMILES string of the molecule is CCC(NC(=O)C1CCOC(C)C1)C(=O)O. The quantitative estimate of drug-likeness (QED) is 0.747. The fourth-order valence-electron chi connectivity index (χ4n) is 1.86. The Morgan fingerprint density at radius 2 is 2.25 bits per heavy atom. The van der Waals surface area contributed by atoms with Crippen molar-refractivity contribution in [3.05, 3.63) is 0 Å². The molecule has 16 heavy (non-hydrogen) atoms. The second-order valence-corrected chi connectivity index (χ2v) is 4.21. The van der Waals surface area contributed by atoms with Crippen LogP contribution in [-0.4, -0.2) is 35.7 Å². The van der Waals surface area contributed by atoms with Gasteiger partial charge < -0.3 is 15.2 Å². The molecule has 1 rings (SSSR count). The van der Waals surface area contributed by atoms with Crippen molar-refractivity contribution in [2.24, 2.45) is 5.92 Å². The first kappa shape index (κ1) is 13.0. The minimum absolute atomic E-state index is 0.0782. The number of carbonyl (C=O) groups excluding carboxylic acids is 1. The van der Waals surface area contributed by atoms with Gasteiger partial charge in [0.15, 0.2) is 0 Å². The van der Waals surface area contributed by atoms with Gasteiger partial charge >= 0.3 is 5.97 Å². The molecule has 92 valence electrons. The maximum absolute atomic E-state index is 11.8. The molecule has 0 saturated carbocycles. The number of nitrogens with one attached hydrogen (secondary N) is 1. The number of amides is 1. The first-order valence-electron chi connectivity index (χ1n) is 5.69. The lowest BCUT2D eigenvalue weighted by Gasteiger charge is -2.27. The zero-order chi connectivity index (χ0) is 12.1. The Morgan fingerprint density at radius 3 is 2.75 bits per heavy atom. The molecule has 5 heteroatoms. The minimum atomic E-state index is -0.976. The first-order valence-corrected chi connectivity index (χ1v) is 5.69. The molecule has 0 aliphatic carbocycles. The maximum Gasteiger partial charge on any atom is 0.326 e. The number of carbonyl (C=O) groups is 2. The molecule has 5 nitrogen and oxygen atoms in total. The molecule has 1 aliphatic rings. The molecular formula is C11H19NO4. The van der Waals surface area contributed by atoms with Gasteiger partial charge in [0.25, 0.3) is 0 Å². The van der Waals surface area contributed by atoms with Crippen LogP contribution in [0, 0.1) is 5.92 Å². The molecule has 0 spiro atoms. The summed E-state index contributed by atoms with van der Waals surface area (Å²) in [5.74, 6) is -1.25. The molecule has 0 aromatic heterocycles. The molecule has 0 bridgehead atoms. The van der Waals surface area contributed by atoms with Gasteiger partial charge in [0.1, 0.15) is 6.04 Å². The Kier molecular flexibility index (Phi) is 4.73. The number of carboxylic acids is 1. The van der Waals surface area contributed by atoms with Gasteiger partial charge in [-0.15, -0.1) is 0 Å². The van der Waals surface area contributed by atoms with Crippen LogP contribution in [0.3, 0.4) is 0 Å². The largest absolute Gasteiger partial charge is 0.480 e. The lowest BCUT2D eigenvalue weighted by atomic mass is 9.95. The van der Waals surface area contributed by atoms with E-state index in [-0.39, 0.29) is 17.9 Å². The third kappa shape index (κ3) is 3.48. The number of rotatable bonds is 4. The Labute approximate surface area is 95.2 Å². The normalized spacial score (nSPS) is 27.1. The van der Waals surface area contributed by atoms with E-state index < -0.39 is 12.0 Å². The van der Waals surface area contributed by atoms with E-state index in [0.717, 1.165) is 0 Å². The zero-order valence-corrected chi connectivity index (χ0v) is 9.73. The van der Waals surface area contributed by atoms with Gasteiger partial charge in [-0.25, -0.2) is 4.79 Å². The third-order valence-corrected chi connectivity index (χ3v) is 2.88. The molecule has 2 N–H and O–H groups in total. The second kappa shape index (κ2) is 5.84. The van der Waals surface area contributed by atoms with Crippen molar-refractivity contribution in [3.8, 4) is 0 Å². The smallest absolute Gasteiger partial charge is 0.326 e. The average Bonchev–Trinajstić information content (AvgIpc) is 2.25. The van der Waals surface area contributed by atoms with Crippen molar-refractivity contribution in [1.82, 2.24) is 5.32 Å². The summed E-state index contributed by atoms with van der Waals surface area (Å²) in [4.78, 5) is 22.6. The van der Waals surface area contributed by atoms with Crippen LogP contribution >= 0.6 is 0 Å². The number of carboxylic acid groups (broad SMARTS) is 1. The van der Waals surface area contributed by atoms with Crippen molar-refractivity contribution >= 4 is 11.9 Å². The standard InChI is InChI=1S/C11H19NO4/c1-3-9(11(14)15)12-10(13)8-4-5-16-7(2)6-8/h7-9H,3-6H2,1-2H3,(H,12,13)(H,14,15). The zero-order valence-electron chi connectivity index (χ0n) is 9.73. The summed E-state index contributed by atoms with van der Waals surface area (Å²) >= 11 is 0. The van der Waals surface area contributed by atoms with Crippen molar-refractivity contribution in [3.63, 3.8) is 0 Å². The molecule has 1 saturated heterocycles. The van der Waals surface area contributed by atoms with Crippen LogP contribution in [0.5, 0.6) is 0 Å². The summed E-state index contributed by atoms with van der Waals surface area (Å²) < 4.78 is 5.34. The highest BCUT2D eigenvalue weighted by Gasteiger charge is 2.28. The van der Waals surface area contributed by atoms with Crippen molar-refractivity contribution < 1.29 is 19.4 Å². The molecule has 0 radical (unpaired) electrons. The molecular weight excluding hydrogens is 210 g/mol. The first-order chi connectivity index (χ1) is 7.54. The van der Waals surface area contributed by atoms with E-state index in [9.17, 15) is 9.59 Å². The molecule has 1 heterocycles. The van der Waals surface area contributed by atoms with Crippen molar-refractivity contribution in [1.29, 1.82) is 0 Å². The maximum atomic E-state index is 11.8. The fraction of sp³-hybridized carbons (Fsp3) is 0.818. The van der Waals surface area contributed by atoms with Gasteiger partial charge in [-0.3, -0.25) is 4.79 Å². The van der Waals surface area contributed by atoms with Gasteiger partial charge in [-0.1, -0.05) is 6.92 Å². The van der Waals surface area contributed by atoms with Crippen LogP contribution in [0.25, 0.3) is 0 Å². The minimum Gasteiger partial charge on any atom is -0.480 e. The fourth-order valence-corrected chi connectivity index (χ4v) is 1.86. The Morgan fingerprint density at radius 1 is 1.56 bits per heavy atom. The van der Waals surface area contributed by atoms with E-state index in [2.05, 4.69) is 5.32 Å². The molecule has 1 aliphatic heterocycles. The summed E-state index contributed by atoms with van der Waals surface area (Å²) in [6, 6.07) is -0.773. The molecule has 1 amide bonds. The van der Waals surface area contributed by atoms with E-state index in [1.165, 1.54) is 0 Å². The number of aliphatic carboxylic acids is 1. The predicted octanol–water partition coefficient (Wildman–Crippen LogP) is 0.781. The number of hydrogen-bond acceptors (Lipinski definition) is 3. The summed E-state index contributed by atoms with van der Waals surface area (Å²) in [7, 11) is 0. The Hall–Kier alpha value is -1.10. The van der Waals surface area contributed by atoms with Gasteiger partial charge in [0, 0.05) is 12.5 Å². The lowest BCUT2D eigenvalue weighted by Crippen LogP contribution is -2.45. The lowest BCUT2D eigenvalue weighted by molar-refractivity contribution is -0.143. The Balaban J connectivity index is 2.47. The summed E-state index contributed by atoms with van der Waals surface area (Å²) in [5.41, 5.74) is 0. The second-order valence-electron chi connectivity index (χ2n) is 4.21. The highest BCUT2D eigenvalue weighted by Crippen LogP contribution is 2.20. The highest BCUT2D eigenvalue weighted by atomic mass is 16.5. The van der Waals surface area contributed by atoms with Crippen LogP contribution in [0.15, 0.2) is 0 Å². The van der Waals surface area contributed by atoms with Crippen LogP contribution in [-0.2, 0) is 14.3 Å². The van der Waals surface area contributed by atoms with Gasteiger partial charge in [-0.2, -0.15) is 0 Å². The van der Waals surface area contributed by atoms with Crippen molar-refractivity contribution in [2.45, 2.75) is 45.3 Å². The van der Waals surface area contributed by atoms with Gasteiger partial charge in [0.2, 0.25) is 5.91 Å². The van der Waals surface area contributed by atoms with E-state index in [1.54, 1.807) is 6.92 Å². The molecule has 3 atom stereocenters. The van der Waals surface area contributed by atoms with E-state index >= 15 is 0 Å². The molecule has 3 unspecified atom stereocenters. The number of ether oxygens (including phenoxy) is 1. The summed E-state index contributed by atoms with van der Waals surface area (Å²) in [5, 5.41) is 11.4. The predicted molar refractivity (Wildman–Crippen MR) is 58.0 cm³/mol. The van der Waals surface area contributed by atoms with E-state index in [0.29, 0.717) is 25.9 Å². The van der Waals surface area contributed by atoms with E-state index in [4.69, 9.17) is 9.84 Å². The van der Waals surface area contributed by atoms with Crippen LogP contribution < -0.4 is 5.32 Å². The van der Waals surface area contributed by atoms with Gasteiger partial charge in [-0.05, 0) is 26.2 Å². The van der Waals surface area contributed by atoms with Crippen LogP contribution in [0.2, 0.25) is 0 Å². The monoisotopic (exact) mass is 229 g/mol. The topological polar surface area (TPSA) is 75.6 Å². The molecule has 0 aromatic carbocycles. The average molecular weight is 229 g/mol. The van der Waals surface area contributed by atoms with E-state index in [1.807, 2.05) is 6.92 Å². The molecule has 0 aromatic rings. The third-order valence-electron chi connectivity index (χ3n) is 2.88. The van der Waals surface area contributed by atoms with Crippen LogP contribution in [0.1, 0.15) is 33.1 Å². The van der Waals surface area contributed by atoms with Crippen LogP contribution in [0.4, 0.5) is 0 Å². The number of hydrogen-bond donors (Lipinski definition) is 2.